The van der Waals surface area contributed by atoms with Gasteiger partial charge in [0, 0.05) is 17.1 Å². The number of rotatable bonds is 7. The number of ether oxygens (including phenoxy) is 1. The lowest BCUT2D eigenvalue weighted by Crippen LogP contribution is -2.15. The summed E-state index contributed by atoms with van der Waals surface area (Å²) in [6.45, 7) is 0.324. The number of benzene rings is 3. The van der Waals surface area contributed by atoms with E-state index in [1.165, 1.54) is 0 Å². The van der Waals surface area contributed by atoms with Crippen molar-refractivity contribution in [3.05, 3.63) is 84.4 Å². The fourth-order valence-corrected chi connectivity index (χ4v) is 2.47. The second-order valence-corrected chi connectivity index (χ2v) is 5.85. The van der Waals surface area contributed by atoms with Gasteiger partial charge in [-0.25, -0.2) is 0 Å². The largest absolute Gasteiger partial charge is 0.493 e. The standard InChI is InChI=1S/C22H19N3O2/c23-16-17-5-4-6-20(15-17)24-18-9-11-19(12-10-18)25-22(26)13-14-27-21-7-2-1-3-8-21/h1-12,15,24H,13-14H2,(H,25,26). The summed E-state index contributed by atoms with van der Waals surface area (Å²) >= 11 is 0. The van der Waals surface area contributed by atoms with E-state index in [9.17, 15) is 4.79 Å². The molecule has 27 heavy (non-hydrogen) atoms. The van der Waals surface area contributed by atoms with Crippen molar-refractivity contribution in [2.45, 2.75) is 6.42 Å². The summed E-state index contributed by atoms with van der Waals surface area (Å²) in [5, 5.41) is 15.0. The number of nitrogens with zero attached hydrogens (tertiary/aromatic N) is 1. The van der Waals surface area contributed by atoms with Crippen molar-refractivity contribution in [3.8, 4) is 11.8 Å². The number of anilines is 3. The molecule has 3 aromatic rings. The minimum Gasteiger partial charge on any atom is -0.493 e. The van der Waals surface area contributed by atoms with Gasteiger partial charge in [0.1, 0.15) is 5.75 Å². The predicted octanol–water partition coefficient (Wildman–Crippen LogP) is 4.71. The lowest BCUT2D eigenvalue weighted by Gasteiger charge is -2.09. The quantitative estimate of drug-likeness (QED) is 0.642. The normalized spacial score (nSPS) is 9.89. The van der Waals surface area contributed by atoms with E-state index in [2.05, 4.69) is 16.7 Å². The molecule has 0 aliphatic carbocycles. The Hall–Kier alpha value is -3.78. The highest BCUT2D eigenvalue weighted by Gasteiger charge is 2.04. The molecule has 3 aromatic carbocycles. The van der Waals surface area contributed by atoms with Gasteiger partial charge in [0.2, 0.25) is 5.91 Å². The molecular formula is C22H19N3O2. The minimum absolute atomic E-state index is 0.103. The number of para-hydroxylation sites is 1. The van der Waals surface area contributed by atoms with Crippen LogP contribution in [0.15, 0.2) is 78.9 Å². The Kier molecular flexibility index (Phi) is 6.05. The lowest BCUT2D eigenvalue weighted by molar-refractivity contribution is -0.116. The van der Waals surface area contributed by atoms with Crippen LogP contribution in [0.25, 0.3) is 0 Å². The summed E-state index contributed by atoms with van der Waals surface area (Å²) in [5.74, 6) is 0.648. The molecule has 3 rings (SSSR count). The maximum absolute atomic E-state index is 12.0. The topological polar surface area (TPSA) is 74.2 Å². The fraction of sp³-hybridized carbons (Fsp3) is 0.0909. The van der Waals surface area contributed by atoms with Crippen LogP contribution in [0.4, 0.5) is 17.1 Å². The maximum atomic E-state index is 12.0. The van der Waals surface area contributed by atoms with Crippen molar-refractivity contribution >= 4 is 23.0 Å². The Labute approximate surface area is 158 Å². The van der Waals surface area contributed by atoms with Gasteiger partial charge in [-0.15, -0.1) is 0 Å². The van der Waals surface area contributed by atoms with Crippen LogP contribution in [-0.4, -0.2) is 12.5 Å². The molecule has 0 saturated carbocycles. The van der Waals surface area contributed by atoms with Crippen molar-refractivity contribution in [2.75, 3.05) is 17.2 Å². The van der Waals surface area contributed by atoms with E-state index in [-0.39, 0.29) is 12.3 Å². The molecule has 134 valence electrons. The average Bonchev–Trinajstić information content (AvgIpc) is 2.70. The van der Waals surface area contributed by atoms with Crippen molar-refractivity contribution in [2.24, 2.45) is 0 Å². The Morgan fingerprint density at radius 3 is 2.37 bits per heavy atom. The number of nitriles is 1. The first-order valence-electron chi connectivity index (χ1n) is 8.58. The van der Waals surface area contributed by atoms with Crippen molar-refractivity contribution < 1.29 is 9.53 Å². The first-order chi connectivity index (χ1) is 13.2. The van der Waals surface area contributed by atoms with Crippen LogP contribution < -0.4 is 15.4 Å². The number of hydrogen-bond acceptors (Lipinski definition) is 4. The van der Waals surface area contributed by atoms with Gasteiger partial charge >= 0.3 is 0 Å². The second-order valence-electron chi connectivity index (χ2n) is 5.85. The third-order valence-corrected chi connectivity index (χ3v) is 3.79. The van der Waals surface area contributed by atoms with E-state index in [1.807, 2.05) is 66.7 Å². The monoisotopic (exact) mass is 357 g/mol. The van der Waals surface area contributed by atoms with E-state index >= 15 is 0 Å². The third kappa shape index (κ3) is 5.62. The lowest BCUT2D eigenvalue weighted by atomic mass is 10.2. The van der Waals surface area contributed by atoms with Crippen LogP contribution >= 0.6 is 0 Å². The van der Waals surface area contributed by atoms with Crippen molar-refractivity contribution in [3.63, 3.8) is 0 Å². The number of carbonyl (C=O) groups excluding carboxylic acids is 1. The zero-order valence-corrected chi connectivity index (χ0v) is 14.7. The predicted molar refractivity (Wildman–Crippen MR) is 106 cm³/mol. The summed E-state index contributed by atoms with van der Waals surface area (Å²) in [6, 6.07) is 26.2. The van der Waals surface area contributed by atoms with Gasteiger partial charge < -0.3 is 15.4 Å². The molecule has 0 radical (unpaired) electrons. The van der Waals surface area contributed by atoms with E-state index in [0.29, 0.717) is 12.2 Å². The molecule has 5 nitrogen and oxygen atoms in total. The van der Waals surface area contributed by atoms with Crippen LogP contribution in [0.1, 0.15) is 12.0 Å². The molecule has 5 heteroatoms. The highest BCUT2D eigenvalue weighted by atomic mass is 16.5. The molecule has 0 heterocycles. The van der Waals surface area contributed by atoms with Gasteiger partial charge in [-0.05, 0) is 54.6 Å². The first-order valence-corrected chi connectivity index (χ1v) is 8.58. The minimum atomic E-state index is -0.103. The summed E-state index contributed by atoms with van der Waals surface area (Å²) in [6.07, 6.45) is 0.274. The van der Waals surface area contributed by atoms with E-state index in [0.717, 1.165) is 22.8 Å². The highest BCUT2D eigenvalue weighted by molar-refractivity contribution is 5.91. The van der Waals surface area contributed by atoms with Crippen LogP contribution in [0.2, 0.25) is 0 Å². The van der Waals surface area contributed by atoms with E-state index < -0.39 is 0 Å². The zero-order chi connectivity index (χ0) is 18.9. The summed E-state index contributed by atoms with van der Waals surface area (Å²) in [7, 11) is 0. The molecule has 2 N–H and O–H groups in total. The number of nitrogens with one attached hydrogen (secondary N) is 2. The van der Waals surface area contributed by atoms with E-state index in [1.54, 1.807) is 12.1 Å². The Bertz CT molecular complexity index is 932. The second kappa shape index (κ2) is 9.07. The van der Waals surface area contributed by atoms with Gasteiger partial charge in [-0.1, -0.05) is 24.3 Å². The van der Waals surface area contributed by atoms with E-state index in [4.69, 9.17) is 10.00 Å². The summed E-state index contributed by atoms with van der Waals surface area (Å²) in [4.78, 5) is 12.0. The summed E-state index contributed by atoms with van der Waals surface area (Å²) in [5.41, 5.74) is 3.03. The molecule has 0 bridgehead atoms. The molecule has 0 fully saturated rings. The summed E-state index contributed by atoms with van der Waals surface area (Å²) < 4.78 is 5.52. The smallest absolute Gasteiger partial charge is 0.227 e. The van der Waals surface area contributed by atoms with Crippen molar-refractivity contribution in [1.82, 2.24) is 0 Å². The number of amides is 1. The van der Waals surface area contributed by atoms with Crippen LogP contribution in [0.5, 0.6) is 5.75 Å². The van der Waals surface area contributed by atoms with Gasteiger partial charge in [-0.2, -0.15) is 5.26 Å². The zero-order valence-electron chi connectivity index (χ0n) is 14.7. The van der Waals surface area contributed by atoms with Crippen LogP contribution in [0.3, 0.4) is 0 Å². The fourth-order valence-electron chi connectivity index (χ4n) is 2.47. The average molecular weight is 357 g/mol. The molecule has 0 atom stereocenters. The molecule has 0 saturated heterocycles. The van der Waals surface area contributed by atoms with Crippen LogP contribution in [0, 0.1) is 11.3 Å². The number of hydrogen-bond donors (Lipinski definition) is 2. The van der Waals surface area contributed by atoms with Crippen LogP contribution in [-0.2, 0) is 4.79 Å². The molecule has 1 amide bonds. The molecular weight excluding hydrogens is 338 g/mol. The third-order valence-electron chi connectivity index (χ3n) is 3.79. The Balaban J connectivity index is 1.48. The molecule has 0 aliphatic heterocycles. The maximum Gasteiger partial charge on any atom is 0.227 e. The van der Waals surface area contributed by atoms with Gasteiger partial charge in [0.05, 0.1) is 24.7 Å². The molecule has 0 aromatic heterocycles. The number of carbonyl (C=O) groups is 1. The Morgan fingerprint density at radius 1 is 0.889 bits per heavy atom. The highest BCUT2D eigenvalue weighted by Crippen LogP contribution is 2.20. The van der Waals surface area contributed by atoms with Crippen molar-refractivity contribution in [1.29, 1.82) is 5.26 Å². The Morgan fingerprint density at radius 2 is 1.63 bits per heavy atom. The SMILES string of the molecule is N#Cc1cccc(Nc2ccc(NC(=O)CCOc3ccccc3)cc2)c1. The molecule has 0 aliphatic rings. The van der Waals surface area contributed by atoms with Gasteiger partial charge in [-0.3, -0.25) is 4.79 Å². The first kappa shape index (κ1) is 18.0. The van der Waals surface area contributed by atoms with Gasteiger partial charge in [0.15, 0.2) is 0 Å². The van der Waals surface area contributed by atoms with Gasteiger partial charge in [0.25, 0.3) is 0 Å². The molecule has 0 unspecified atom stereocenters. The molecule has 0 spiro atoms.